The molecule has 1 aliphatic rings. The smallest absolute Gasteiger partial charge is 0.422 e. The lowest BCUT2D eigenvalue weighted by Gasteiger charge is -2.35. The molecule has 1 atom stereocenters. The fraction of sp³-hybridized carbons (Fsp3) is 0.714. The highest BCUT2D eigenvalue weighted by atomic mass is 127. The van der Waals surface area contributed by atoms with Crippen LogP contribution in [0.25, 0.3) is 0 Å². The van der Waals surface area contributed by atoms with Gasteiger partial charge in [0.25, 0.3) is 0 Å². The van der Waals surface area contributed by atoms with Gasteiger partial charge < -0.3 is 20.1 Å². The van der Waals surface area contributed by atoms with Crippen LogP contribution in [0.1, 0.15) is 32.8 Å². The number of aliphatic imine (C=N–C) groups is 1. The highest BCUT2D eigenvalue weighted by molar-refractivity contribution is 14.0. The molecule has 2 rings (SSSR count). The number of rotatable bonds is 10. The van der Waals surface area contributed by atoms with Crippen molar-refractivity contribution in [3.05, 3.63) is 23.9 Å². The minimum atomic E-state index is -4.38. The number of nitrogens with zero attached hydrogens (tertiary/aromatic N) is 3. The highest BCUT2D eigenvalue weighted by Gasteiger charge is 2.28. The molecule has 0 spiro atoms. The van der Waals surface area contributed by atoms with Crippen LogP contribution in [-0.2, 0) is 11.3 Å². The van der Waals surface area contributed by atoms with Gasteiger partial charge in [0.1, 0.15) is 0 Å². The van der Waals surface area contributed by atoms with E-state index in [1.807, 2.05) is 6.92 Å². The minimum absolute atomic E-state index is 0. The third kappa shape index (κ3) is 11.5. The van der Waals surface area contributed by atoms with Crippen LogP contribution in [0.5, 0.6) is 5.88 Å². The first-order valence-electron chi connectivity index (χ1n) is 10.7. The lowest BCUT2D eigenvalue weighted by Crippen LogP contribution is -2.51. The predicted octanol–water partition coefficient (Wildman–Crippen LogP) is 3.44. The van der Waals surface area contributed by atoms with Gasteiger partial charge in [0.05, 0.1) is 19.8 Å². The van der Waals surface area contributed by atoms with Gasteiger partial charge in [0.15, 0.2) is 12.6 Å². The van der Waals surface area contributed by atoms with E-state index in [1.54, 1.807) is 6.07 Å². The van der Waals surface area contributed by atoms with Crippen molar-refractivity contribution in [1.82, 2.24) is 20.5 Å². The summed E-state index contributed by atoms with van der Waals surface area (Å²) in [4.78, 5) is 11.0. The molecule has 2 heterocycles. The number of aromatic nitrogens is 1. The summed E-state index contributed by atoms with van der Waals surface area (Å²) in [5.74, 6) is 1.22. The molecule has 7 nitrogen and oxygen atoms in total. The summed E-state index contributed by atoms with van der Waals surface area (Å²) in [6.07, 6.45) is -1.82. The van der Waals surface area contributed by atoms with E-state index >= 15 is 0 Å². The average Bonchev–Trinajstić information content (AvgIpc) is 2.74. The van der Waals surface area contributed by atoms with E-state index in [0.717, 1.165) is 51.4 Å². The van der Waals surface area contributed by atoms with Gasteiger partial charge in [0.2, 0.25) is 5.88 Å². The Balaban J connectivity index is 0.00000512. The molecule has 0 radical (unpaired) electrons. The highest BCUT2D eigenvalue weighted by Crippen LogP contribution is 2.17. The molecule has 32 heavy (non-hydrogen) atoms. The number of hydrogen-bond donors (Lipinski definition) is 2. The normalized spacial score (nSPS) is 16.4. The van der Waals surface area contributed by atoms with Crippen LogP contribution in [0.4, 0.5) is 13.2 Å². The quantitative estimate of drug-likeness (QED) is 0.254. The number of ether oxygens (including phenoxy) is 2. The molecule has 0 aromatic carbocycles. The molecule has 1 saturated heterocycles. The largest absolute Gasteiger partial charge is 0.468 e. The Morgan fingerprint density at radius 1 is 1.25 bits per heavy atom. The van der Waals surface area contributed by atoms with E-state index in [2.05, 4.69) is 44.1 Å². The third-order valence-electron chi connectivity index (χ3n) is 4.76. The van der Waals surface area contributed by atoms with E-state index in [4.69, 9.17) is 4.74 Å². The lowest BCUT2D eigenvalue weighted by molar-refractivity contribution is -0.154. The molecule has 11 heteroatoms. The van der Waals surface area contributed by atoms with Crippen LogP contribution in [0.2, 0.25) is 0 Å². The van der Waals surface area contributed by atoms with Crippen molar-refractivity contribution in [1.29, 1.82) is 0 Å². The Hall–Kier alpha value is -1.34. The minimum Gasteiger partial charge on any atom is -0.468 e. The molecule has 0 bridgehead atoms. The Morgan fingerprint density at radius 3 is 2.53 bits per heavy atom. The van der Waals surface area contributed by atoms with Crippen LogP contribution in [0.15, 0.2) is 23.3 Å². The molecule has 1 aliphatic heterocycles. The van der Waals surface area contributed by atoms with Crippen molar-refractivity contribution in [3.8, 4) is 5.88 Å². The molecular weight excluding hydrogens is 538 g/mol. The number of pyridine rings is 1. The Morgan fingerprint density at radius 2 is 1.97 bits per heavy atom. The Kier molecular flexibility index (Phi) is 13.2. The number of alkyl halides is 3. The first-order valence-corrected chi connectivity index (χ1v) is 10.7. The van der Waals surface area contributed by atoms with Gasteiger partial charge >= 0.3 is 6.18 Å². The molecule has 2 N–H and O–H groups in total. The zero-order valence-electron chi connectivity index (χ0n) is 19.0. The maximum absolute atomic E-state index is 12.2. The van der Waals surface area contributed by atoms with Crippen LogP contribution in [-0.4, -0.2) is 74.1 Å². The maximum atomic E-state index is 12.2. The van der Waals surface area contributed by atoms with E-state index in [9.17, 15) is 13.2 Å². The molecule has 1 aromatic rings. The third-order valence-corrected chi connectivity index (χ3v) is 4.76. The number of halogens is 4. The number of nitrogens with one attached hydrogen (secondary N) is 2. The Bertz CT molecular complexity index is 668. The van der Waals surface area contributed by atoms with E-state index in [1.165, 1.54) is 12.3 Å². The fourth-order valence-corrected chi connectivity index (χ4v) is 3.32. The molecule has 1 aromatic heterocycles. The van der Waals surface area contributed by atoms with Crippen molar-refractivity contribution in [2.75, 3.05) is 46.0 Å². The van der Waals surface area contributed by atoms with Gasteiger partial charge in [0, 0.05) is 44.5 Å². The van der Waals surface area contributed by atoms with E-state index in [-0.39, 0.29) is 29.9 Å². The molecule has 1 unspecified atom stereocenters. The molecule has 0 aliphatic carbocycles. The van der Waals surface area contributed by atoms with Gasteiger partial charge in [-0.25, -0.2) is 9.98 Å². The molecule has 0 amide bonds. The van der Waals surface area contributed by atoms with Crippen molar-refractivity contribution in [2.24, 2.45) is 10.9 Å². The van der Waals surface area contributed by atoms with Crippen molar-refractivity contribution >= 4 is 29.9 Å². The predicted molar refractivity (Wildman–Crippen MR) is 130 cm³/mol. The molecular formula is C21H35F3IN5O2. The van der Waals surface area contributed by atoms with Crippen LogP contribution >= 0.6 is 24.0 Å². The second-order valence-corrected chi connectivity index (χ2v) is 7.92. The zero-order valence-corrected chi connectivity index (χ0v) is 21.3. The van der Waals surface area contributed by atoms with Crippen molar-refractivity contribution < 1.29 is 22.6 Å². The van der Waals surface area contributed by atoms with E-state index in [0.29, 0.717) is 24.5 Å². The van der Waals surface area contributed by atoms with Crippen molar-refractivity contribution in [3.63, 3.8) is 0 Å². The summed E-state index contributed by atoms with van der Waals surface area (Å²) >= 11 is 0. The topological polar surface area (TPSA) is 71.0 Å². The summed E-state index contributed by atoms with van der Waals surface area (Å²) in [6.45, 7) is 10.3. The standard InChI is InChI=1S/C21H34F3N5O2.HI/c1-4-25-20(28-14-18(11-16(2)3)29-7-9-30-10-8-29)27-13-17-5-6-19(26-12-17)31-15-21(22,23)24;/h5-6,12,16,18H,4,7-11,13-15H2,1-3H3,(H2,25,27,28);1H. The SMILES string of the molecule is CCNC(=NCc1ccc(OCC(F)(F)F)nc1)NCC(CC(C)C)N1CCOCC1.I. The summed E-state index contributed by atoms with van der Waals surface area (Å²) < 4.78 is 46.8. The van der Waals surface area contributed by atoms with E-state index < -0.39 is 12.8 Å². The molecule has 0 saturated carbocycles. The lowest BCUT2D eigenvalue weighted by atomic mass is 10.0. The van der Waals surface area contributed by atoms with Gasteiger partial charge in [-0.05, 0) is 24.8 Å². The first-order chi connectivity index (χ1) is 14.8. The van der Waals surface area contributed by atoms with Crippen LogP contribution in [0.3, 0.4) is 0 Å². The average molecular weight is 573 g/mol. The zero-order chi connectivity index (χ0) is 22.7. The van der Waals surface area contributed by atoms with Gasteiger partial charge in [-0.1, -0.05) is 19.9 Å². The number of hydrogen-bond acceptors (Lipinski definition) is 5. The number of morpholine rings is 1. The maximum Gasteiger partial charge on any atom is 0.422 e. The van der Waals surface area contributed by atoms with Crippen LogP contribution < -0.4 is 15.4 Å². The summed E-state index contributed by atoms with van der Waals surface area (Å²) in [5, 5.41) is 6.67. The summed E-state index contributed by atoms with van der Waals surface area (Å²) in [7, 11) is 0. The Labute approximate surface area is 205 Å². The first kappa shape index (κ1) is 28.7. The second kappa shape index (κ2) is 14.7. The second-order valence-electron chi connectivity index (χ2n) is 7.92. The molecule has 1 fully saturated rings. The summed E-state index contributed by atoms with van der Waals surface area (Å²) in [5.41, 5.74) is 0.781. The monoisotopic (exact) mass is 573 g/mol. The molecule has 184 valence electrons. The van der Waals surface area contributed by atoms with Gasteiger partial charge in [-0.15, -0.1) is 24.0 Å². The van der Waals surface area contributed by atoms with Gasteiger partial charge in [-0.2, -0.15) is 13.2 Å². The fourth-order valence-electron chi connectivity index (χ4n) is 3.32. The van der Waals surface area contributed by atoms with Crippen LogP contribution in [0, 0.1) is 5.92 Å². The summed E-state index contributed by atoms with van der Waals surface area (Å²) in [6, 6.07) is 3.48. The van der Waals surface area contributed by atoms with Gasteiger partial charge in [-0.3, -0.25) is 4.90 Å². The number of guanidine groups is 1. The van der Waals surface area contributed by atoms with Crippen molar-refractivity contribution in [2.45, 2.75) is 46.0 Å².